The predicted molar refractivity (Wildman–Crippen MR) is 81.9 cm³/mol. The molecule has 10 heteroatoms. The quantitative estimate of drug-likeness (QED) is 0.513. The van der Waals surface area contributed by atoms with Gasteiger partial charge in [0.1, 0.15) is 10.7 Å². The summed E-state index contributed by atoms with van der Waals surface area (Å²) < 4.78 is 18.3. The van der Waals surface area contributed by atoms with E-state index in [0.29, 0.717) is 11.8 Å². The molecule has 1 aliphatic rings. The molecule has 122 valence electrons. The average molecular weight is 350 g/mol. The van der Waals surface area contributed by atoms with Crippen LogP contribution in [0.25, 0.3) is 6.08 Å². The largest absolute Gasteiger partial charge is 0.505 e. The van der Waals surface area contributed by atoms with Crippen LogP contribution >= 0.6 is 11.8 Å². The Kier molecular flexibility index (Phi) is 3.81. The number of carbonyl (C=O) groups is 2. The van der Waals surface area contributed by atoms with Gasteiger partial charge in [0.05, 0.1) is 16.7 Å². The van der Waals surface area contributed by atoms with E-state index >= 15 is 0 Å². The van der Waals surface area contributed by atoms with E-state index in [9.17, 15) is 24.1 Å². The van der Waals surface area contributed by atoms with Gasteiger partial charge in [-0.1, -0.05) is 0 Å². The van der Waals surface area contributed by atoms with Crippen LogP contribution in [0.15, 0.2) is 39.7 Å². The molecule has 0 radical (unpaired) electrons. The molecule has 8 nitrogen and oxygen atoms in total. The van der Waals surface area contributed by atoms with Crippen LogP contribution in [0.5, 0.6) is 5.75 Å². The summed E-state index contributed by atoms with van der Waals surface area (Å²) in [5.41, 5.74) is -0.0402. The zero-order valence-electron chi connectivity index (χ0n) is 11.6. The number of nitro groups is 1. The van der Waals surface area contributed by atoms with Crippen molar-refractivity contribution in [1.29, 1.82) is 0 Å². The van der Waals surface area contributed by atoms with Gasteiger partial charge in [0.2, 0.25) is 0 Å². The maximum absolute atomic E-state index is 13.4. The van der Waals surface area contributed by atoms with Crippen LogP contribution in [0, 0.1) is 15.9 Å². The lowest BCUT2D eigenvalue weighted by atomic mass is 10.2. The molecular weight excluding hydrogens is 343 g/mol. The van der Waals surface area contributed by atoms with E-state index in [0.717, 1.165) is 23.1 Å². The third kappa shape index (κ3) is 2.74. The molecule has 2 amide bonds. The van der Waals surface area contributed by atoms with Crippen LogP contribution in [0.1, 0.15) is 5.76 Å². The fourth-order valence-corrected chi connectivity index (χ4v) is 2.79. The molecule has 1 aliphatic heterocycles. The van der Waals surface area contributed by atoms with E-state index < -0.39 is 33.5 Å². The maximum atomic E-state index is 13.4. The van der Waals surface area contributed by atoms with Crippen LogP contribution in [-0.4, -0.2) is 21.2 Å². The van der Waals surface area contributed by atoms with Crippen molar-refractivity contribution in [3.63, 3.8) is 0 Å². The zero-order valence-corrected chi connectivity index (χ0v) is 12.4. The number of halogens is 1. The molecule has 0 spiro atoms. The number of hydrogen-bond acceptors (Lipinski definition) is 7. The van der Waals surface area contributed by atoms with E-state index in [2.05, 4.69) is 0 Å². The normalized spacial score (nSPS) is 16.2. The highest BCUT2D eigenvalue weighted by atomic mass is 32.2. The lowest BCUT2D eigenvalue weighted by molar-refractivity contribution is -0.402. The van der Waals surface area contributed by atoms with Gasteiger partial charge >= 0.3 is 5.88 Å². The standard InChI is InChI=1S/C14H7FN2O6S/c15-9-5-7(1-3-10(9)18)16-13(19)11(24-14(16)20)6-8-2-4-12(23-8)17(21)22/h1-6,18H/b11-6-. The van der Waals surface area contributed by atoms with Gasteiger partial charge in [-0.05, 0) is 30.0 Å². The van der Waals surface area contributed by atoms with Crippen molar-refractivity contribution in [2.45, 2.75) is 0 Å². The number of imide groups is 1. The highest BCUT2D eigenvalue weighted by Crippen LogP contribution is 2.37. The van der Waals surface area contributed by atoms with Crippen molar-refractivity contribution in [1.82, 2.24) is 0 Å². The number of rotatable bonds is 3. The SMILES string of the molecule is O=C1S/C(=C\c2ccc([N+](=O)[O-])o2)C(=O)N1c1ccc(O)c(F)c1. The van der Waals surface area contributed by atoms with Gasteiger partial charge in [0.25, 0.3) is 11.1 Å². The molecule has 0 aliphatic carbocycles. The Morgan fingerprint density at radius 1 is 1.29 bits per heavy atom. The van der Waals surface area contributed by atoms with Crippen LogP contribution < -0.4 is 4.90 Å². The van der Waals surface area contributed by atoms with E-state index in [1.54, 1.807) is 0 Å². The highest BCUT2D eigenvalue weighted by molar-refractivity contribution is 8.19. The zero-order chi connectivity index (χ0) is 17.4. The number of furan rings is 1. The Morgan fingerprint density at radius 3 is 2.67 bits per heavy atom. The van der Waals surface area contributed by atoms with Gasteiger partial charge in [-0.15, -0.1) is 0 Å². The van der Waals surface area contributed by atoms with Crippen molar-refractivity contribution >= 4 is 40.6 Å². The van der Waals surface area contributed by atoms with E-state index in [1.807, 2.05) is 0 Å². The van der Waals surface area contributed by atoms with Crippen LogP contribution in [0.4, 0.5) is 20.8 Å². The van der Waals surface area contributed by atoms with Crippen molar-refractivity contribution < 1.29 is 28.4 Å². The molecule has 0 saturated carbocycles. The molecule has 1 aromatic heterocycles. The van der Waals surface area contributed by atoms with Crippen molar-refractivity contribution in [2.24, 2.45) is 0 Å². The molecule has 2 aromatic rings. The molecule has 1 saturated heterocycles. The minimum Gasteiger partial charge on any atom is -0.505 e. The summed E-state index contributed by atoms with van der Waals surface area (Å²) in [5, 5.41) is 19.1. The summed E-state index contributed by atoms with van der Waals surface area (Å²) >= 11 is 0.583. The summed E-state index contributed by atoms with van der Waals surface area (Å²) in [5.74, 6) is -2.78. The van der Waals surface area contributed by atoms with Gasteiger partial charge in [0.15, 0.2) is 11.6 Å². The van der Waals surface area contributed by atoms with Gasteiger partial charge in [-0.25, -0.2) is 9.29 Å². The number of anilines is 1. The number of carbonyl (C=O) groups excluding carboxylic acids is 2. The number of phenols is 1. The Bertz CT molecular complexity index is 906. The molecule has 0 bridgehead atoms. The Balaban J connectivity index is 1.91. The monoisotopic (exact) mass is 350 g/mol. The topological polar surface area (TPSA) is 114 Å². The third-order valence-corrected chi connectivity index (χ3v) is 3.92. The minimum atomic E-state index is -0.975. The maximum Gasteiger partial charge on any atom is 0.433 e. The number of phenolic OH excluding ortho intramolecular Hbond substituents is 1. The third-order valence-electron chi connectivity index (χ3n) is 3.05. The molecule has 1 fully saturated rings. The summed E-state index contributed by atoms with van der Waals surface area (Å²) in [6.07, 6.45) is 1.19. The predicted octanol–water partition coefficient (Wildman–Crippen LogP) is 3.27. The van der Waals surface area contributed by atoms with Crippen LogP contribution in [-0.2, 0) is 4.79 Å². The first-order chi connectivity index (χ1) is 11.4. The smallest absolute Gasteiger partial charge is 0.433 e. The first-order valence-electron chi connectivity index (χ1n) is 6.37. The second-order valence-electron chi connectivity index (χ2n) is 4.59. The summed E-state index contributed by atoms with van der Waals surface area (Å²) in [4.78, 5) is 34.8. The number of hydrogen-bond donors (Lipinski definition) is 1. The molecule has 3 rings (SSSR count). The number of aromatic hydroxyl groups is 1. The first-order valence-corrected chi connectivity index (χ1v) is 7.19. The van der Waals surface area contributed by atoms with Gasteiger partial charge in [-0.3, -0.25) is 19.7 Å². The van der Waals surface area contributed by atoms with Crippen molar-refractivity contribution in [2.75, 3.05) is 4.90 Å². The Morgan fingerprint density at radius 2 is 2.04 bits per heavy atom. The van der Waals surface area contributed by atoms with Crippen molar-refractivity contribution in [3.05, 3.63) is 56.9 Å². The van der Waals surface area contributed by atoms with Gasteiger partial charge in [-0.2, -0.15) is 0 Å². The molecule has 1 aromatic carbocycles. The number of nitrogens with zero attached hydrogens (tertiary/aromatic N) is 2. The van der Waals surface area contributed by atoms with E-state index in [1.165, 1.54) is 18.2 Å². The summed E-state index contributed by atoms with van der Waals surface area (Å²) in [6, 6.07) is 5.49. The van der Waals surface area contributed by atoms with Crippen LogP contribution in [0.3, 0.4) is 0 Å². The second-order valence-corrected chi connectivity index (χ2v) is 5.58. The molecular formula is C14H7FN2O6S. The fourth-order valence-electron chi connectivity index (χ4n) is 1.97. The average Bonchev–Trinajstić information content (AvgIpc) is 3.09. The number of amides is 2. The molecule has 0 atom stereocenters. The molecule has 24 heavy (non-hydrogen) atoms. The number of benzene rings is 1. The fraction of sp³-hybridized carbons (Fsp3) is 0. The number of thioether (sulfide) groups is 1. The van der Waals surface area contributed by atoms with Crippen LogP contribution in [0.2, 0.25) is 0 Å². The molecule has 0 unspecified atom stereocenters. The lowest BCUT2D eigenvalue weighted by Crippen LogP contribution is -2.27. The van der Waals surface area contributed by atoms with E-state index in [-0.39, 0.29) is 16.4 Å². The first kappa shape index (κ1) is 15.7. The Labute approximate surface area is 137 Å². The molecule has 2 heterocycles. The summed E-state index contributed by atoms with van der Waals surface area (Å²) in [7, 11) is 0. The van der Waals surface area contributed by atoms with Crippen molar-refractivity contribution in [3.8, 4) is 5.75 Å². The minimum absolute atomic E-state index is 0.0299. The highest BCUT2D eigenvalue weighted by Gasteiger charge is 2.37. The molecule has 1 N–H and O–H groups in total. The Hall–Kier alpha value is -3.14. The van der Waals surface area contributed by atoms with Gasteiger partial charge < -0.3 is 9.52 Å². The van der Waals surface area contributed by atoms with Gasteiger partial charge in [0, 0.05) is 12.1 Å². The second kappa shape index (κ2) is 5.81. The summed E-state index contributed by atoms with van der Waals surface area (Å²) in [6.45, 7) is 0. The lowest BCUT2D eigenvalue weighted by Gasteiger charge is -2.12. The van der Waals surface area contributed by atoms with E-state index in [4.69, 9.17) is 9.52 Å².